The molecule has 1 heterocycles. The van der Waals surface area contributed by atoms with Gasteiger partial charge in [-0.15, -0.1) is 0 Å². The first-order valence-electron chi connectivity index (χ1n) is 6.33. The number of carbonyl (C=O) groups is 1. The molecule has 0 bridgehead atoms. The predicted molar refractivity (Wildman–Crippen MR) is 69.5 cm³/mol. The maximum Gasteiger partial charge on any atom is 0.166 e. The molecule has 18 heavy (non-hydrogen) atoms. The van der Waals surface area contributed by atoms with Crippen LogP contribution in [-0.2, 0) is 19.9 Å². The Kier molecular flexibility index (Phi) is 2.74. The summed E-state index contributed by atoms with van der Waals surface area (Å²) in [5.41, 5.74) is 3.11. The van der Waals surface area contributed by atoms with Crippen LogP contribution in [0.5, 0.6) is 0 Å². The molecule has 1 atom stereocenters. The highest BCUT2D eigenvalue weighted by Gasteiger charge is 2.27. The molecule has 1 aliphatic rings. The van der Waals surface area contributed by atoms with Gasteiger partial charge in [0.1, 0.15) is 0 Å². The van der Waals surface area contributed by atoms with Crippen LogP contribution in [0.15, 0.2) is 36.8 Å². The fourth-order valence-electron chi connectivity index (χ4n) is 2.68. The van der Waals surface area contributed by atoms with Crippen LogP contribution >= 0.6 is 0 Å². The summed E-state index contributed by atoms with van der Waals surface area (Å²) in [7, 11) is 1.95. The minimum Gasteiger partial charge on any atom is -0.340 e. The summed E-state index contributed by atoms with van der Waals surface area (Å²) in [5, 5.41) is 0. The Morgan fingerprint density at radius 1 is 1.39 bits per heavy atom. The van der Waals surface area contributed by atoms with E-state index in [1.807, 2.05) is 36.0 Å². The van der Waals surface area contributed by atoms with Gasteiger partial charge >= 0.3 is 0 Å². The van der Waals surface area contributed by atoms with Gasteiger partial charge in [-0.3, -0.25) is 4.79 Å². The average Bonchev–Trinajstić information content (AvgIpc) is 2.79. The van der Waals surface area contributed by atoms with Crippen molar-refractivity contribution in [1.82, 2.24) is 9.55 Å². The Labute approximate surface area is 106 Å². The zero-order valence-corrected chi connectivity index (χ0v) is 10.5. The van der Waals surface area contributed by atoms with Crippen LogP contribution in [0.1, 0.15) is 28.0 Å². The highest BCUT2D eigenvalue weighted by atomic mass is 16.1. The molecule has 0 radical (unpaired) electrons. The summed E-state index contributed by atoms with van der Waals surface area (Å²) >= 11 is 0. The van der Waals surface area contributed by atoms with Crippen molar-refractivity contribution in [3.63, 3.8) is 0 Å². The molecule has 92 valence electrons. The summed E-state index contributed by atoms with van der Waals surface area (Å²) in [4.78, 5) is 16.7. The fraction of sp³-hybridized carbons (Fsp3) is 0.333. The number of Topliss-reactive ketones (excluding diaryl/α,β-unsaturated/α-hetero) is 1. The number of fused-ring (bicyclic) bond motifs is 1. The molecule has 1 aromatic heterocycles. The van der Waals surface area contributed by atoms with E-state index in [1.165, 1.54) is 5.56 Å². The molecule has 1 aromatic carbocycles. The minimum absolute atomic E-state index is 0.0924. The summed E-state index contributed by atoms with van der Waals surface area (Å²) in [6, 6.07) is 7.96. The van der Waals surface area contributed by atoms with Gasteiger partial charge in [0.15, 0.2) is 5.78 Å². The van der Waals surface area contributed by atoms with Crippen molar-refractivity contribution in [3.8, 4) is 0 Å². The van der Waals surface area contributed by atoms with Gasteiger partial charge in [0.25, 0.3) is 0 Å². The Hall–Kier alpha value is -1.90. The second-order valence-electron chi connectivity index (χ2n) is 4.99. The van der Waals surface area contributed by atoms with Crippen molar-refractivity contribution in [2.24, 2.45) is 13.0 Å². The molecule has 0 amide bonds. The summed E-state index contributed by atoms with van der Waals surface area (Å²) in [6.07, 6.45) is 6.48. The van der Waals surface area contributed by atoms with Gasteiger partial charge in [-0.05, 0) is 18.4 Å². The van der Waals surface area contributed by atoms with Gasteiger partial charge in [-0.2, -0.15) is 0 Å². The SMILES string of the molecule is Cn1cnc(CC2CCc3ccccc3C2=O)c1. The normalized spacial score (nSPS) is 18.7. The topological polar surface area (TPSA) is 34.9 Å². The number of ketones is 1. The highest BCUT2D eigenvalue weighted by molar-refractivity contribution is 6.00. The molecular formula is C15H16N2O. The third-order valence-electron chi connectivity index (χ3n) is 3.63. The Morgan fingerprint density at radius 2 is 2.22 bits per heavy atom. The number of benzene rings is 1. The molecule has 3 nitrogen and oxygen atoms in total. The third-order valence-corrected chi connectivity index (χ3v) is 3.63. The Bertz CT molecular complexity index is 586. The van der Waals surface area contributed by atoms with Crippen LogP contribution in [0.2, 0.25) is 0 Å². The Morgan fingerprint density at radius 3 is 3.00 bits per heavy atom. The average molecular weight is 240 g/mol. The second kappa shape index (κ2) is 4.41. The summed E-state index contributed by atoms with van der Waals surface area (Å²) < 4.78 is 1.93. The molecule has 1 unspecified atom stereocenters. The lowest BCUT2D eigenvalue weighted by molar-refractivity contribution is 0.0900. The molecule has 0 N–H and O–H groups in total. The lowest BCUT2D eigenvalue weighted by Crippen LogP contribution is -2.24. The van der Waals surface area contributed by atoms with Crippen molar-refractivity contribution in [1.29, 1.82) is 0 Å². The first-order valence-corrected chi connectivity index (χ1v) is 6.33. The zero-order valence-electron chi connectivity index (χ0n) is 10.5. The summed E-state index contributed by atoms with van der Waals surface area (Å²) in [5.74, 6) is 0.373. The van der Waals surface area contributed by atoms with E-state index >= 15 is 0 Å². The first-order chi connectivity index (χ1) is 8.74. The molecule has 1 aliphatic carbocycles. The van der Waals surface area contributed by atoms with Crippen molar-refractivity contribution in [3.05, 3.63) is 53.6 Å². The van der Waals surface area contributed by atoms with Crippen LogP contribution in [0, 0.1) is 5.92 Å². The second-order valence-corrected chi connectivity index (χ2v) is 4.99. The number of aryl methyl sites for hydroxylation is 2. The van der Waals surface area contributed by atoms with E-state index in [2.05, 4.69) is 11.1 Å². The molecule has 2 aromatic rings. The number of hydrogen-bond acceptors (Lipinski definition) is 2. The standard InChI is InChI=1S/C15H16N2O/c1-17-9-13(16-10-17)8-12-7-6-11-4-2-3-5-14(11)15(12)18/h2-5,9-10,12H,6-8H2,1H3. The number of imidazole rings is 1. The van der Waals surface area contributed by atoms with E-state index in [0.717, 1.165) is 30.5 Å². The smallest absolute Gasteiger partial charge is 0.166 e. The van der Waals surface area contributed by atoms with Gasteiger partial charge in [0.2, 0.25) is 0 Å². The molecular weight excluding hydrogens is 224 g/mol. The van der Waals surface area contributed by atoms with E-state index in [4.69, 9.17) is 0 Å². The lowest BCUT2D eigenvalue weighted by Gasteiger charge is -2.22. The first kappa shape index (κ1) is 11.2. The quantitative estimate of drug-likeness (QED) is 0.808. The van der Waals surface area contributed by atoms with E-state index in [0.29, 0.717) is 0 Å². The Balaban J connectivity index is 1.82. The van der Waals surface area contributed by atoms with Crippen LogP contribution in [0.4, 0.5) is 0 Å². The maximum absolute atomic E-state index is 12.4. The number of rotatable bonds is 2. The minimum atomic E-state index is 0.0924. The van der Waals surface area contributed by atoms with Crippen LogP contribution < -0.4 is 0 Å². The van der Waals surface area contributed by atoms with E-state index < -0.39 is 0 Å². The van der Waals surface area contributed by atoms with Crippen LogP contribution in [-0.4, -0.2) is 15.3 Å². The van der Waals surface area contributed by atoms with E-state index in [-0.39, 0.29) is 11.7 Å². The molecule has 0 aliphatic heterocycles. The highest BCUT2D eigenvalue weighted by Crippen LogP contribution is 2.27. The molecule has 3 rings (SSSR count). The van der Waals surface area contributed by atoms with Gasteiger partial charge in [-0.1, -0.05) is 24.3 Å². The van der Waals surface area contributed by atoms with Gasteiger partial charge in [0, 0.05) is 31.1 Å². The lowest BCUT2D eigenvalue weighted by atomic mass is 9.81. The number of aromatic nitrogens is 2. The van der Waals surface area contributed by atoms with Crippen LogP contribution in [0.25, 0.3) is 0 Å². The monoisotopic (exact) mass is 240 g/mol. The van der Waals surface area contributed by atoms with Crippen LogP contribution in [0.3, 0.4) is 0 Å². The molecule has 0 saturated carbocycles. The maximum atomic E-state index is 12.4. The van der Waals surface area contributed by atoms with Gasteiger partial charge in [-0.25, -0.2) is 4.98 Å². The predicted octanol–water partition coefficient (Wildman–Crippen LogP) is 2.41. The molecule has 3 heteroatoms. The fourth-order valence-corrected chi connectivity index (χ4v) is 2.68. The van der Waals surface area contributed by atoms with E-state index in [9.17, 15) is 4.79 Å². The summed E-state index contributed by atoms with van der Waals surface area (Å²) in [6.45, 7) is 0. The molecule has 0 saturated heterocycles. The van der Waals surface area contributed by atoms with Crippen molar-refractivity contribution < 1.29 is 4.79 Å². The molecule has 0 spiro atoms. The zero-order chi connectivity index (χ0) is 12.5. The molecule has 0 fully saturated rings. The van der Waals surface area contributed by atoms with Gasteiger partial charge in [0.05, 0.1) is 12.0 Å². The number of nitrogens with zero attached hydrogens (tertiary/aromatic N) is 2. The largest absolute Gasteiger partial charge is 0.340 e. The number of hydrogen-bond donors (Lipinski definition) is 0. The third kappa shape index (κ3) is 1.96. The van der Waals surface area contributed by atoms with Crippen molar-refractivity contribution in [2.75, 3.05) is 0 Å². The number of carbonyl (C=O) groups excluding carboxylic acids is 1. The van der Waals surface area contributed by atoms with Crippen molar-refractivity contribution in [2.45, 2.75) is 19.3 Å². The van der Waals surface area contributed by atoms with Crippen molar-refractivity contribution >= 4 is 5.78 Å². The van der Waals surface area contributed by atoms with E-state index in [1.54, 1.807) is 6.33 Å². The van der Waals surface area contributed by atoms with Gasteiger partial charge < -0.3 is 4.57 Å².